The van der Waals surface area contributed by atoms with E-state index in [1.807, 2.05) is 0 Å². The van der Waals surface area contributed by atoms with Crippen molar-refractivity contribution < 1.29 is 17.4 Å². The van der Waals surface area contributed by atoms with Gasteiger partial charge < -0.3 is 4.79 Å². The van der Waals surface area contributed by atoms with Crippen LogP contribution in [0.2, 0.25) is 0 Å². The third kappa shape index (κ3) is 5.89. The molecule has 0 radical (unpaired) electrons. The number of hydrogen-bond acceptors (Lipinski definition) is 4. The first kappa shape index (κ1) is 14.6. The predicted octanol–water partition coefficient (Wildman–Crippen LogP) is 1.89. The highest BCUT2D eigenvalue weighted by atomic mass is 32.2. The van der Waals surface area contributed by atoms with Crippen molar-refractivity contribution >= 4 is 16.4 Å². The molecule has 0 saturated heterocycles. The molecule has 1 atom stereocenters. The highest BCUT2D eigenvalue weighted by molar-refractivity contribution is 7.88. The lowest BCUT2D eigenvalue weighted by Gasteiger charge is -2.10. The van der Waals surface area contributed by atoms with E-state index in [2.05, 4.69) is 11.1 Å². The van der Waals surface area contributed by atoms with E-state index >= 15 is 0 Å². The van der Waals surface area contributed by atoms with Crippen molar-refractivity contribution in [3.05, 3.63) is 0 Å². The minimum atomic E-state index is -3.68. The number of rotatable bonds is 9. The van der Waals surface area contributed by atoms with E-state index in [1.165, 1.54) is 0 Å². The molecule has 0 heterocycles. The number of aldehydes is 1. The lowest BCUT2D eigenvalue weighted by molar-refractivity contribution is -0.107. The summed E-state index contributed by atoms with van der Waals surface area (Å²) in [6.07, 6.45) is 4.71. The molecule has 0 aromatic rings. The molecular formula is C10H20O4S. The average Bonchev–Trinajstić information content (AvgIpc) is 2.17. The summed E-state index contributed by atoms with van der Waals surface area (Å²) in [4.78, 5) is 10.6. The van der Waals surface area contributed by atoms with Crippen molar-refractivity contribution in [2.45, 2.75) is 51.2 Å². The van der Waals surface area contributed by atoms with Crippen LogP contribution in [0.4, 0.5) is 0 Å². The third-order valence-electron chi connectivity index (χ3n) is 2.15. The third-order valence-corrected chi connectivity index (χ3v) is 3.80. The first-order valence-electron chi connectivity index (χ1n) is 5.42. The fourth-order valence-electron chi connectivity index (χ4n) is 1.30. The van der Waals surface area contributed by atoms with Crippen LogP contribution in [0.25, 0.3) is 0 Å². The van der Waals surface area contributed by atoms with E-state index in [-0.39, 0.29) is 6.61 Å². The van der Waals surface area contributed by atoms with Gasteiger partial charge in [-0.25, -0.2) is 0 Å². The maximum Gasteiger partial charge on any atom is 0.277 e. The number of carbonyl (C=O) groups excluding carboxylic acids is 1. The van der Waals surface area contributed by atoms with Crippen LogP contribution in [0.15, 0.2) is 0 Å². The predicted molar refractivity (Wildman–Crippen MR) is 59.2 cm³/mol. The summed E-state index contributed by atoms with van der Waals surface area (Å²) in [7, 11) is -3.68. The molecule has 90 valence electrons. The standard InChI is InChI=1S/C10H20O4S/c1-3-5-6-7-8-10(9-11)15(12,13)14-4-2/h9-10H,3-8H2,1-2H3. The quantitative estimate of drug-likeness (QED) is 0.348. The summed E-state index contributed by atoms with van der Waals surface area (Å²) in [6.45, 7) is 3.76. The van der Waals surface area contributed by atoms with Crippen LogP contribution in [0.3, 0.4) is 0 Å². The molecule has 5 heteroatoms. The highest BCUT2D eigenvalue weighted by Gasteiger charge is 2.24. The Balaban J connectivity index is 4.07. The molecule has 0 aliphatic carbocycles. The zero-order chi connectivity index (χ0) is 11.7. The van der Waals surface area contributed by atoms with Crippen molar-refractivity contribution in [1.29, 1.82) is 0 Å². The molecule has 0 aliphatic heterocycles. The summed E-state index contributed by atoms with van der Waals surface area (Å²) < 4.78 is 27.3. The Kier molecular flexibility index (Phi) is 7.60. The molecule has 0 N–H and O–H groups in total. The molecule has 0 spiro atoms. The van der Waals surface area contributed by atoms with Gasteiger partial charge in [-0.3, -0.25) is 4.18 Å². The molecular weight excluding hydrogens is 216 g/mol. The van der Waals surface area contributed by atoms with Gasteiger partial charge in [0.05, 0.1) is 6.61 Å². The van der Waals surface area contributed by atoms with E-state index in [0.29, 0.717) is 12.7 Å². The van der Waals surface area contributed by atoms with Crippen LogP contribution in [0.5, 0.6) is 0 Å². The minimum Gasteiger partial charge on any atom is -0.302 e. The van der Waals surface area contributed by atoms with Crippen LogP contribution in [-0.2, 0) is 19.1 Å². The smallest absolute Gasteiger partial charge is 0.277 e. The van der Waals surface area contributed by atoms with Crippen molar-refractivity contribution in [2.24, 2.45) is 0 Å². The second-order valence-electron chi connectivity index (χ2n) is 3.42. The molecule has 0 aromatic carbocycles. The normalized spacial score (nSPS) is 13.7. The zero-order valence-corrected chi connectivity index (χ0v) is 10.3. The van der Waals surface area contributed by atoms with Crippen molar-refractivity contribution in [2.75, 3.05) is 6.61 Å². The zero-order valence-electron chi connectivity index (χ0n) is 9.44. The molecule has 0 bridgehead atoms. The van der Waals surface area contributed by atoms with E-state index in [9.17, 15) is 13.2 Å². The second-order valence-corrected chi connectivity index (χ2v) is 5.25. The summed E-state index contributed by atoms with van der Waals surface area (Å²) in [5.74, 6) is 0. The van der Waals surface area contributed by atoms with E-state index in [1.54, 1.807) is 6.92 Å². The number of unbranched alkanes of at least 4 members (excludes halogenated alkanes) is 3. The maximum atomic E-state index is 11.4. The highest BCUT2D eigenvalue weighted by Crippen LogP contribution is 2.12. The van der Waals surface area contributed by atoms with E-state index in [0.717, 1.165) is 25.7 Å². The first-order valence-corrected chi connectivity index (χ1v) is 6.89. The van der Waals surface area contributed by atoms with Gasteiger partial charge in [0.25, 0.3) is 10.1 Å². The van der Waals surface area contributed by atoms with Gasteiger partial charge in [-0.15, -0.1) is 0 Å². The second kappa shape index (κ2) is 7.82. The van der Waals surface area contributed by atoms with Crippen LogP contribution >= 0.6 is 0 Å². The largest absolute Gasteiger partial charge is 0.302 e. The number of hydrogen-bond donors (Lipinski definition) is 0. The summed E-state index contributed by atoms with van der Waals surface area (Å²) in [5.41, 5.74) is 0. The fraction of sp³-hybridized carbons (Fsp3) is 0.900. The van der Waals surface area contributed by atoms with Crippen molar-refractivity contribution in [3.63, 3.8) is 0 Å². The van der Waals surface area contributed by atoms with Gasteiger partial charge >= 0.3 is 0 Å². The van der Waals surface area contributed by atoms with Gasteiger partial charge in [-0.1, -0.05) is 32.6 Å². The van der Waals surface area contributed by atoms with Gasteiger partial charge in [0.2, 0.25) is 0 Å². The molecule has 0 fully saturated rings. The topological polar surface area (TPSA) is 60.4 Å². The Morgan fingerprint density at radius 2 is 1.87 bits per heavy atom. The van der Waals surface area contributed by atoms with Crippen LogP contribution in [0.1, 0.15) is 46.0 Å². The monoisotopic (exact) mass is 236 g/mol. The first-order chi connectivity index (χ1) is 7.08. The van der Waals surface area contributed by atoms with Crippen molar-refractivity contribution in [3.8, 4) is 0 Å². The summed E-state index contributed by atoms with van der Waals surface area (Å²) >= 11 is 0. The number of carbonyl (C=O) groups is 1. The summed E-state index contributed by atoms with van der Waals surface area (Å²) in [6, 6.07) is 0. The minimum absolute atomic E-state index is 0.0850. The molecule has 0 rings (SSSR count). The van der Waals surface area contributed by atoms with E-state index < -0.39 is 15.4 Å². The molecule has 4 nitrogen and oxygen atoms in total. The molecule has 0 amide bonds. The molecule has 0 aromatic heterocycles. The maximum absolute atomic E-state index is 11.4. The van der Waals surface area contributed by atoms with E-state index in [4.69, 9.17) is 0 Å². The van der Waals surface area contributed by atoms with Crippen molar-refractivity contribution in [1.82, 2.24) is 0 Å². The average molecular weight is 236 g/mol. The fourth-order valence-corrected chi connectivity index (χ4v) is 2.40. The van der Waals surface area contributed by atoms with Gasteiger partial charge in [0, 0.05) is 0 Å². The Morgan fingerprint density at radius 3 is 2.33 bits per heavy atom. The Bertz CT molecular complexity index is 259. The lowest BCUT2D eigenvalue weighted by Crippen LogP contribution is -2.25. The molecule has 15 heavy (non-hydrogen) atoms. The molecule has 0 saturated carbocycles. The van der Waals surface area contributed by atoms with Crippen LogP contribution in [-0.4, -0.2) is 26.6 Å². The summed E-state index contributed by atoms with van der Waals surface area (Å²) in [5, 5.41) is -0.991. The Labute approximate surface area is 92.1 Å². The Hall–Kier alpha value is -0.420. The van der Waals surface area contributed by atoms with Gasteiger partial charge in [0.15, 0.2) is 0 Å². The van der Waals surface area contributed by atoms with Gasteiger partial charge in [-0.2, -0.15) is 8.42 Å². The van der Waals surface area contributed by atoms with Gasteiger partial charge in [0.1, 0.15) is 11.5 Å². The lowest BCUT2D eigenvalue weighted by atomic mass is 10.1. The van der Waals surface area contributed by atoms with Gasteiger partial charge in [-0.05, 0) is 13.3 Å². The SMILES string of the molecule is CCCCCCC(C=O)S(=O)(=O)OCC. The van der Waals surface area contributed by atoms with Crippen LogP contribution in [0, 0.1) is 0 Å². The van der Waals surface area contributed by atoms with Crippen LogP contribution < -0.4 is 0 Å². The molecule has 1 unspecified atom stereocenters. The Morgan fingerprint density at radius 1 is 1.20 bits per heavy atom. The molecule has 0 aliphatic rings.